The Morgan fingerprint density at radius 2 is 1.74 bits per heavy atom. The van der Waals surface area contributed by atoms with Crippen LogP contribution in [0.15, 0.2) is 85.2 Å². The summed E-state index contributed by atoms with van der Waals surface area (Å²) in [7, 11) is 0. The molecule has 0 saturated heterocycles. The molecule has 9 heteroatoms. The van der Waals surface area contributed by atoms with Gasteiger partial charge in [0.05, 0.1) is 29.8 Å². The lowest BCUT2D eigenvalue weighted by molar-refractivity contribution is -0.137. The molecule has 0 fully saturated rings. The van der Waals surface area contributed by atoms with Crippen molar-refractivity contribution in [3.05, 3.63) is 95.6 Å². The highest BCUT2D eigenvalue weighted by Gasteiger charge is 2.21. The number of amides is 1. The zero-order chi connectivity index (χ0) is 23.5. The summed E-state index contributed by atoms with van der Waals surface area (Å²) in [5, 5.41) is 16.6. The number of carbonyl (C=O) groups excluding carboxylic acids is 1. The molecule has 2 N–H and O–H groups in total. The highest BCUT2D eigenvalue weighted by Crippen LogP contribution is 2.29. The van der Waals surface area contributed by atoms with Gasteiger partial charge in [0.1, 0.15) is 10.6 Å². The number of carboxylic acids is 1. The van der Waals surface area contributed by atoms with E-state index in [0.29, 0.717) is 21.8 Å². The van der Waals surface area contributed by atoms with Gasteiger partial charge in [0.15, 0.2) is 0 Å². The van der Waals surface area contributed by atoms with E-state index in [2.05, 4.69) is 19.9 Å². The molecule has 2 heterocycles. The molecule has 1 amide bonds. The number of nitrogens with one attached hydrogen (secondary N) is 1. The highest BCUT2D eigenvalue weighted by atomic mass is 32.1. The Kier molecular flexibility index (Phi) is 5.84. The number of rotatable bonds is 7. The van der Waals surface area contributed by atoms with Gasteiger partial charge in [-0.15, -0.1) is 5.10 Å². The summed E-state index contributed by atoms with van der Waals surface area (Å²) in [6.07, 6.45) is 1.54. The van der Waals surface area contributed by atoms with E-state index in [1.54, 1.807) is 24.5 Å². The number of aromatic nitrogens is 4. The molecule has 0 bridgehead atoms. The van der Waals surface area contributed by atoms with Crippen LogP contribution in [0.3, 0.4) is 0 Å². The molecule has 0 aliphatic rings. The number of nitrogens with zero attached hydrogens (tertiary/aromatic N) is 4. The van der Waals surface area contributed by atoms with E-state index in [0.717, 1.165) is 28.2 Å². The number of carbonyl (C=O) groups is 2. The fourth-order valence-corrected chi connectivity index (χ4v) is 4.47. The summed E-state index contributed by atoms with van der Waals surface area (Å²) >= 11 is 1.03. The molecule has 168 valence electrons. The highest BCUT2D eigenvalue weighted by molar-refractivity contribution is 7.08. The second-order valence-electron chi connectivity index (χ2n) is 7.65. The standard InChI is InChI=1S/C25H19N5O3S/c31-22(32)14-20(16-7-3-1-4-8-16)30-15-26-19-12-11-18(13-21(19)30)27-25(33)24-23(28-29-34-24)17-9-5-2-6-10-17/h1-13,15,20H,14H2,(H,27,33)(H,31,32). The Hall–Kier alpha value is -4.37. The Morgan fingerprint density at radius 1 is 1.00 bits per heavy atom. The second-order valence-corrected chi connectivity index (χ2v) is 8.40. The van der Waals surface area contributed by atoms with Crippen molar-refractivity contribution in [3.63, 3.8) is 0 Å². The summed E-state index contributed by atoms with van der Waals surface area (Å²) in [5.41, 5.74) is 4.19. The normalized spacial score (nSPS) is 11.9. The summed E-state index contributed by atoms with van der Waals surface area (Å²) in [5.74, 6) is -1.23. The number of hydrogen-bond acceptors (Lipinski definition) is 6. The minimum Gasteiger partial charge on any atom is -0.481 e. The third-order valence-corrected chi connectivity index (χ3v) is 6.19. The van der Waals surface area contributed by atoms with Crippen LogP contribution in [0, 0.1) is 0 Å². The van der Waals surface area contributed by atoms with Crippen molar-refractivity contribution in [3.8, 4) is 11.3 Å². The molecule has 0 radical (unpaired) electrons. The van der Waals surface area contributed by atoms with E-state index in [1.165, 1.54) is 0 Å². The van der Waals surface area contributed by atoms with Crippen LogP contribution < -0.4 is 5.32 Å². The lowest BCUT2D eigenvalue weighted by Crippen LogP contribution is -2.15. The summed E-state index contributed by atoms with van der Waals surface area (Å²) in [6, 6.07) is 23.8. The lowest BCUT2D eigenvalue weighted by atomic mass is 10.0. The van der Waals surface area contributed by atoms with Gasteiger partial charge in [0.2, 0.25) is 0 Å². The predicted octanol–water partition coefficient (Wildman–Crippen LogP) is 4.87. The van der Waals surface area contributed by atoms with Crippen molar-refractivity contribution in [1.29, 1.82) is 0 Å². The molecule has 5 rings (SSSR count). The average molecular weight is 470 g/mol. The zero-order valence-corrected chi connectivity index (χ0v) is 18.6. The summed E-state index contributed by atoms with van der Waals surface area (Å²) in [6.45, 7) is 0. The topological polar surface area (TPSA) is 110 Å². The summed E-state index contributed by atoms with van der Waals surface area (Å²) < 4.78 is 5.79. The van der Waals surface area contributed by atoms with Crippen molar-refractivity contribution >= 4 is 40.1 Å². The molecule has 1 unspecified atom stereocenters. The Labute approximate surface area is 198 Å². The van der Waals surface area contributed by atoms with Crippen molar-refractivity contribution in [2.24, 2.45) is 0 Å². The predicted molar refractivity (Wildman–Crippen MR) is 130 cm³/mol. The molecular weight excluding hydrogens is 450 g/mol. The molecule has 0 aliphatic heterocycles. The van der Waals surface area contributed by atoms with Crippen LogP contribution in [0.1, 0.15) is 27.7 Å². The van der Waals surface area contributed by atoms with Crippen LogP contribution in [0.4, 0.5) is 5.69 Å². The van der Waals surface area contributed by atoms with Gasteiger partial charge in [-0.05, 0) is 35.3 Å². The van der Waals surface area contributed by atoms with E-state index in [1.807, 2.05) is 65.2 Å². The van der Waals surface area contributed by atoms with Crippen LogP contribution in [0.2, 0.25) is 0 Å². The molecule has 1 atom stereocenters. The summed E-state index contributed by atoms with van der Waals surface area (Å²) in [4.78, 5) is 29.5. The monoisotopic (exact) mass is 469 g/mol. The van der Waals surface area contributed by atoms with Gasteiger partial charge in [-0.1, -0.05) is 65.2 Å². The minimum absolute atomic E-state index is 0.0982. The van der Waals surface area contributed by atoms with Crippen molar-refractivity contribution in [2.75, 3.05) is 5.32 Å². The van der Waals surface area contributed by atoms with E-state index in [4.69, 9.17) is 0 Å². The van der Waals surface area contributed by atoms with Gasteiger partial charge in [-0.25, -0.2) is 4.98 Å². The Balaban J connectivity index is 1.48. The average Bonchev–Trinajstić information content (AvgIpc) is 3.51. The van der Waals surface area contributed by atoms with Gasteiger partial charge in [0.25, 0.3) is 5.91 Å². The van der Waals surface area contributed by atoms with Crippen molar-refractivity contribution in [1.82, 2.24) is 19.1 Å². The number of anilines is 1. The van der Waals surface area contributed by atoms with Crippen LogP contribution >= 0.6 is 11.5 Å². The van der Waals surface area contributed by atoms with Crippen LogP contribution in [0.25, 0.3) is 22.3 Å². The number of carboxylic acid groups (broad SMARTS) is 1. The van der Waals surface area contributed by atoms with E-state index in [9.17, 15) is 14.7 Å². The third kappa shape index (κ3) is 4.28. The van der Waals surface area contributed by atoms with Crippen LogP contribution in [-0.4, -0.2) is 36.1 Å². The zero-order valence-electron chi connectivity index (χ0n) is 17.8. The first-order valence-electron chi connectivity index (χ1n) is 10.5. The van der Waals surface area contributed by atoms with E-state index < -0.39 is 12.0 Å². The van der Waals surface area contributed by atoms with Gasteiger partial charge in [-0.2, -0.15) is 0 Å². The molecule has 0 saturated carbocycles. The van der Waals surface area contributed by atoms with E-state index in [-0.39, 0.29) is 12.3 Å². The fourth-order valence-electron chi connectivity index (χ4n) is 3.88. The second kappa shape index (κ2) is 9.24. The molecule has 8 nitrogen and oxygen atoms in total. The van der Waals surface area contributed by atoms with Crippen molar-refractivity contribution < 1.29 is 14.7 Å². The largest absolute Gasteiger partial charge is 0.481 e. The maximum Gasteiger partial charge on any atom is 0.305 e. The molecule has 34 heavy (non-hydrogen) atoms. The van der Waals surface area contributed by atoms with Crippen LogP contribution in [-0.2, 0) is 4.79 Å². The third-order valence-electron chi connectivity index (χ3n) is 5.46. The van der Waals surface area contributed by atoms with E-state index >= 15 is 0 Å². The first-order valence-corrected chi connectivity index (χ1v) is 11.3. The fraction of sp³-hybridized carbons (Fsp3) is 0.0800. The lowest BCUT2D eigenvalue weighted by Gasteiger charge is -2.18. The smallest absolute Gasteiger partial charge is 0.305 e. The molecule has 0 spiro atoms. The van der Waals surface area contributed by atoms with Crippen molar-refractivity contribution in [2.45, 2.75) is 12.5 Å². The quantitative estimate of drug-likeness (QED) is 0.352. The molecule has 2 aromatic heterocycles. The van der Waals surface area contributed by atoms with Crippen LogP contribution in [0.5, 0.6) is 0 Å². The Morgan fingerprint density at radius 3 is 2.47 bits per heavy atom. The minimum atomic E-state index is -0.911. The first-order chi connectivity index (χ1) is 16.6. The molecule has 3 aromatic carbocycles. The maximum atomic E-state index is 13.0. The molecule has 5 aromatic rings. The Bertz CT molecular complexity index is 1460. The number of benzene rings is 3. The number of fused-ring (bicyclic) bond motifs is 1. The molecule has 0 aliphatic carbocycles. The molecular formula is C25H19N5O3S. The van der Waals surface area contributed by atoms with Gasteiger partial charge in [-0.3, -0.25) is 9.59 Å². The number of hydrogen-bond donors (Lipinski definition) is 2. The number of aliphatic carboxylic acids is 1. The van der Waals surface area contributed by atoms with Gasteiger partial charge in [0, 0.05) is 11.3 Å². The SMILES string of the molecule is O=C(O)CC(c1ccccc1)n1cnc2ccc(NC(=O)c3snnc3-c3ccccc3)cc21. The van der Waals surface area contributed by atoms with Gasteiger partial charge >= 0.3 is 5.97 Å². The first kappa shape index (κ1) is 21.5. The van der Waals surface area contributed by atoms with Gasteiger partial charge < -0.3 is 15.0 Å². The maximum absolute atomic E-state index is 13.0. The number of imidazole rings is 1.